The number of hydrogen-bond acceptors (Lipinski definition) is 3. The molecule has 106 valence electrons. The summed E-state index contributed by atoms with van der Waals surface area (Å²) in [6, 6.07) is 0.898. The van der Waals surface area contributed by atoms with Gasteiger partial charge >= 0.3 is 6.18 Å². The molecule has 0 saturated carbocycles. The Morgan fingerprint density at radius 3 is 2.89 bits per heavy atom. The average molecular weight is 275 g/mol. The number of rotatable bonds is 3. The summed E-state index contributed by atoms with van der Waals surface area (Å²) in [7, 11) is 0. The molecule has 0 aliphatic carbocycles. The van der Waals surface area contributed by atoms with E-state index in [2.05, 4.69) is 4.98 Å². The minimum absolute atomic E-state index is 0.163. The van der Waals surface area contributed by atoms with Crippen molar-refractivity contribution in [2.45, 2.75) is 38.1 Å². The van der Waals surface area contributed by atoms with E-state index in [-0.39, 0.29) is 17.6 Å². The zero-order valence-corrected chi connectivity index (χ0v) is 10.5. The van der Waals surface area contributed by atoms with Crippen LogP contribution < -0.4 is 0 Å². The molecule has 0 bridgehead atoms. The van der Waals surface area contributed by atoms with Gasteiger partial charge in [-0.3, -0.25) is 4.98 Å². The highest BCUT2D eigenvalue weighted by Gasteiger charge is 2.40. The Morgan fingerprint density at radius 2 is 2.26 bits per heavy atom. The molecule has 0 radical (unpaired) electrons. The van der Waals surface area contributed by atoms with E-state index in [0.29, 0.717) is 19.4 Å². The van der Waals surface area contributed by atoms with E-state index in [1.54, 1.807) is 0 Å². The number of halogens is 3. The summed E-state index contributed by atoms with van der Waals surface area (Å²) in [5.41, 5.74) is -0.985. The lowest BCUT2D eigenvalue weighted by molar-refractivity contribution is -0.139. The van der Waals surface area contributed by atoms with Crippen LogP contribution in [0.3, 0.4) is 0 Å². The van der Waals surface area contributed by atoms with Crippen LogP contribution >= 0.6 is 0 Å². The Morgan fingerprint density at radius 1 is 1.53 bits per heavy atom. The lowest BCUT2D eigenvalue weighted by Gasteiger charge is -2.25. The molecule has 1 aromatic heterocycles. The molecular formula is C13H16F3NO2. The van der Waals surface area contributed by atoms with Gasteiger partial charge in [0, 0.05) is 30.5 Å². The summed E-state index contributed by atoms with van der Waals surface area (Å²) < 4.78 is 44.1. The highest BCUT2D eigenvalue weighted by molar-refractivity contribution is 5.29. The molecule has 1 aliphatic rings. The molecule has 1 N–H and O–H groups in total. The maximum atomic E-state index is 12.9. The summed E-state index contributed by atoms with van der Waals surface area (Å²) in [6.45, 7) is 2.37. The zero-order valence-electron chi connectivity index (χ0n) is 10.5. The number of ether oxygens (including phenoxy) is 1. The number of hydrogen-bond donors (Lipinski definition) is 1. The summed E-state index contributed by atoms with van der Waals surface area (Å²) in [6.07, 6.45) is -2.47. The van der Waals surface area contributed by atoms with Crippen molar-refractivity contribution >= 4 is 0 Å². The van der Waals surface area contributed by atoms with Gasteiger partial charge in [-0.1, -0.05) is 6.92 Å². The van der Waals surface area contributed by atoms with E-state index in [1.165, 1.54) is 0 Å². The second-order valence-electron chi connectivity index (χ2n) is 4.68. The summed E-state index contributed by atoms with van der Waals surface area (Å²) in [5.74, 6) is -0.310. The van der Waals surface area contributed by atoms with E-state index < -0.39 is 17.8 Å². The van der Waals surface area contributed by atoms with Crippen molar-refractivity contribution in [1.82, 2.24) is 4.98 Å². The van der Waals surface area contributed by atoms with Crippen molar-refractivity contribution in [1.29, 1.82) is 0 Å². The lowest BCUT2D eigenvalue weighted by atomic mass is 9.87. The third-order valence-electron chi connectivity index (χ3n) is 3.54. The van der Waals surface area contributed by atoms with Crippen LogP contribution in [0.2, 0.25) is 0 Å². The van der Waals surface area contributed by atoms with Gasteiger partial charge in [0.15, 0.2) is 0 Å². The van der Waals surface area contributed by atoms with Gasteiger partial charge in [0.2, 0.25) is 0 Å². The van der Waals surface area contributed by atoms with Crippen LogP contribution in [-0.4, -0.2) is 22.8 Å². The minimum Gasteiger partial charge on any atom is -0.388 e. The molecular weight excluding hydrogens is 259 g/mol. The second-order valence-corrected chi connectivity index (χ2v) is 4.68. The fraction of sp³-hybridized carbons (Fsp3) is 0.615. The van der Waals surface area contributed by atoms with Crippen LogP contribution in [0.1, 0.15) is 37.0 Å². The lowest BCUT2D eigenvalue weighted by Crippen LogP contribution is -2.24. The van der Waals surface area contributed by atoms with Crippen LogP contribution in [0.5, 0.6) is 0 Å². The molecule has 3 nitrogen and oxygen atoms in total. The van der Waals surface area contributed by atoms with E-state index in [1.807, 2.05) is 6.92 Å². The van der Waals surface area contributed by atoms with Crippen molar-refractivity contribution in [3.05, 3.63) is 29.6 Å². The normalized spacial score (nSPS) is 25.5. The van der Waals surface area contributed by atoms with E-state index in [9.17, 15) is 18.3 Å². The molecule has 3 unspecified atom stereocenters. The first kappa shape index (κ1) is 14.3. The largest absolute Gasteiger partial charge is 0.416 e. The van der Waals surface area contributed by atoms with Crippen LogP contribution in [0, 0.1) is 5.92 Å². The predicted octanol–water partition coefficient (Wildman–Crippen LogP) is 2.95. The maximum Gasteiger partial charge on any atom is 0.416 e. The Hall–Kier alpha value is -1.14. The first-order valence-corrected chi connectivity index (χ1v) is 6.26. The fourth-order valence-electron chi connectivity index (χ4n) is 2.58. The average Bonchev–Trinajstić information content (AvgIpc) is 2.85. The maximum absolute atomic E-state index is 12.9. The Balaban J connectivity index is 2.31. The monoisotopic (exact) mass is 275 g/mol. The second kappa shape index (κ2) is 5.46. The van der Waals surface area contributed by atoms with E-state index >= 15 is 0 Å². The molecule has 0 aromatic carbocycles. The van der Waals surface area contributed by atoms with Crippen molar-refractivity contribution < 1.29 is 23.0 Å². The Bertz CT molecular complexity index is 436. The van der Waals surface area contributed by atoms with Crippen LogP contribution in [0.15, 0.2) is 18.5 Å². The highest BCUT2D eigenvalue weighted by atomic mass is 19.4. The van der Waals surface area contributed by atoms with Gasteiger partial charge in [-0.15, -0.1) is 0 Å². The number of aliphatic hydroxyl groups excluding tert-OH is 1. The minimum atomic E-state index is -4.49. The molecule has 0 spiro atoms. The number of aromatic nitrogens is 1. The summed E-state index contributed by atoms with van der Waals surface area (Å²) in [5, 5.41) is 10.2. The fourth-order valence-corrected chi connectivity index (χ4v) is 2.58. The molecule has 1 aliphatic heterocycles. The predicted molar refractivity (Wildman–Crippen MR) is 62.3 cm³/mol. The molecule has 2 rings (SSSR count). The molecule has 19 heavy (non-hydrogen) atoms. The van der Waals surface area contributed by atoms with Gasteiger partial charge in [-0.2, -0.15) is 13.2 Å². The third-order valence-corrected chi connectivity index (χ3v) is 3.54. The van der Waals surface area contributed by atoms with Gasteiger partial charge in [0.25, 0.3) is 0 Å². The summed E-state index contributed by atoms with van der Waals surface area (Å²) in [4.78, 5) is 3.70. The zero-order chi connectivity index (χ0) is 14.0. The molecule has 1 saturated heterocycles. The molecule has 1 fully saturated rings. The first-order valence-electron chi connectivity index (χ1n) is 6.26. The molecule has 1 aromatic rings. The SMILES string of the molecule is CCC1OCCC1C(O)c1cnccc1C(F)(F)F. The quantitative estimate of drug-likeness (QED) is 0.922. The van der Waals surface area contributed by atoms with Gasteiger partial charge < -0.3 is 9.84 Å². The first-order chi connectivity index (χ1) is 8.95. The van der Waals surface area contributed by atoms with E-state index in [4.69, 9.17) is 4.74 Å². The standard InChI is InChI=1S/C13H16F3NO2/c1-2-11-8(4-6-19-11)12(18)9-7-17-5-3-10(9)13(14,15)16/h3,5,7-8,11-12,18H,2,4,6H2,1H3. The highest BCUT2D eigenvalue weighted by Crippen LogP contribution is 2.40. The van der Waals surface area contributed by atoms with Crippen molar-refractivity contribution in [2.24, 2.45) is 5.92 Å². The molecule has 2 heterocycles. The van der Waals surface area contributed by atoms with Crippen molar-refractivity contribution in [3.8, 4) is 0 Å². The Labute approximate surface area is 109 Å². The van der Waals surface area contributed by atoms with Crippen molar-refractivity contribution in [3.63, 3.8) is 0 Å². The number of pyridine rings is 1. The number of alkyl halides is 3. The topological polar surface area (TPSA) is 42.4 Å². The smallest absolute Gasteiger partial charge is 0.388 e. The van der Waals surface area contributed by atoms with Gasteiger partial charge in [0.1, 0.15) is 0 Å². The van der Waals surface area contributed by atoms with Gasteiger partial charge in [0.05, 0.1) is 17.8 Å². The van der Waals surface area contributed by atoms with Gasteiger partial charge in [-0.25, -0.2) is 0 Å². The molecule has 0 amide bonds. The van der Waals surface area contributed by atoms with Crippen LogP contribution in [0.4, 0.5) is 13.2 Å². The number of aliphatic hydroxyl groups is 1. The van der Waals surface area contributed by atoms with E-state index in [0.717, 1.165) is 18.5 Å². The summed E-state index contributed by atoms with van der Waals surface area (Å²) >= 11 is 0. The molecule has 3 atom stereocenters. The van der Waals surface area contributed by atoms with Crippen LogP contribution in [0.25, 0.3) is 0 Å². The number of nitrogens with zero attached hydrogens (tertiary/aromatic N) is 1. The van der Waals surface area contributed by atoms with Gasteiger partial charge in [-0.05, 0) is 18.9 Å². The third kappa shape index (κ3) is 2.90. The molecule has 6 heteroatoms. The van der Waals surface area contributed by atoms with Crippen LogP contribution in [-0.2, 0) is 10.9 Å². The Kier molecular flexibility index (Phi) is 4.10. The van der Waals surface area contributed by atoms with Crippen molar-refractivity contribution in [2.75, 3.05) is 6.61 Å².